The van der Waals surface area contributed by atoms with E-state index in [9.17, 15) is 4.79 Å². The lowest BCUT2D eigenvalue weighted by atomic mass is 10.1. The molecule has 0 bridgehead atoms. The molecule has 0 unspecified atom stereocenters. The molecule has 162 valence electrons. The Balaban J connectivity index is 1.39. The predicted octanol–water partition coefficient (Wildman–Crippen LogP) is 2.83. The number of benzene rings is 1. The molecule has 3 heterocycles. The third-order valence-electron chi connectivity index (χ3n) is 5.09. The zero-order valence-electron chi connectivity index (χ0n) is 18.2. The molecule has 0 aliphatic carbocycles. The number of nitrogens with one attached hydrogen (secondary N) is 2. The van der Waals surface area contributed by atoms with E-state index in [1.54, 1.807) is 18.3 Å². The molecular formula is C23H24N8O. The standard InChI is InChI=1S/C23H24N8O/c1-15-9-16(2)20(26-11-15)12-27-23(32)17-5-4-6-18(10-17)25-13-21-29-30-22(31(21)3)19-7-8-24-14-28-19/h4-11,14,25H,12-13H2,1-3H3,(H,27,32). The normalized spacial score (nSPS) is 10.7. The fourth-order valence-corrected chi connectivity index (χ4v) is 3.31. The van der Waals surface area contributed by atoms with Crippen LogP contribution in [0.3, 0.4) is 0 Å². The number of anilines is 1. The molecule has 0 radical (unpaired) electrons. The highest BCUT2D eigenvalue weighted by atomic mass is 16.1. The molecule has 1 aromatic carbocycles. The third kappa shape index (κ3) is 4.77. The topological polar surface area (TPSA) is 111 Å². The maximum Gasteiger partial charge on any atom is 0.251 e. The van der Waals surface area contributed by atoms with Crippen molar-refractivity contribution in [3.8, 4) is 11.5 Å². The number of rotatable bonds is 7. The average Bonchev–Trinajstić information content (AvgIpc) is 3.18. The number of aryl methyl sites for hydroxylation is 2. The van der Waals surface area contributed by atoms with Crippen molar-refractivity contribution in [2.75, 3.05) is 5.32 Å². The first-order valence-corrected chi connectivity index (χ1v) is 10.2. The second kappa shape index (κ2) is 9.34. The van der Waals surface area contributed by atoms with Crippen molar-refractivity contribution in [3.63, 3.8) is 0 Å². The summed E-state index contributed by atoms with van der Waals surface area (Å²) in [5, 5.41) is 14.7. The lowest BCUT2D eigenvalue weighted by molar-refractivity contribution is 0.0950. The van der Waals surface area contributed by atoms with E-state index < -0.39 is 0 Å². The molecule has 2 N–H and O–H groups in total. The van der Waals surface area contributed by atoms with Gasteiger partial charge in [-0.2, -0.15) is 0 Å². The van der Waals surface area contributed by atoms with Gasteiger partial charge in [0.25, 0.3) is 5.91 Å². The molecular weight excluding hydrogens is 404 g/mol. The first kappa shape index (κ1) is 21.1. The molecule has 0 fully saturated rings. The Morgan fingerprint density at radius 2 is 1.94 bits per heavy atom. The van der Waals surface area contributed by atoms with Crippen molar-refractivity contribution < 1.29 is 4.79 Å². The van der Waals surface area contributed by atoms with Crippen molar-refractivity contribution in [1.82, 2.24) is 35.0 Å². The molecule has 0 saturated carbocycles. The van der Waals surface area contributed by atoms with Crippen molar-refractivity contribution in [3.05, 3.63) is 83.3 Å². The number of carbonyl (C=O) groups is 1. The summed E-state index contributed by atoms with van der Waals surface area (Å²) in [7, 11) is 1.89. The monoisotopic (exact) mass is 428 g/mol. The Hall–Kier alpha value is -4.14. The van der Waals surface area contributed by atoms with Gasteiger partial charge in [-0.3, -0.25) is 9.78 Å². The van der Waals surface area contributed by atoms with Crippen molar-refractivity contribution in [1.29, 1.82) is 0 Å². The van der Waals surface area contributed by atoms with Crippen LogP contribution in [-0.4, -0.2) is 35.6 Å². The van der Waals surface area contributed by atoms with Crippen LogP contribution in [0, 0.1) is 13.8 Å². The van der Waals surface area contributed by atoms with Crippen molar-refractivity contribution in [2.24, 2.45) is 7.05 Å². The highest BCUT2D eigenvalue weighted by Crippen LogP contribution is 2.16. The van der Waals surface area contributed by atoms with Crippen molar-refractivity contribution >= 4 is 11.6 Å². The smallest absolute Gasteiger partial charge is 0.251 e. The Morgan fingerprint density at radius 3 is 2.72 bits per heavy atom. The van der Waals surface area contributed by atoms with Gasteiger partial charge in [-0.25, -0.2) is 9.97 Å². The van der Waals surface area contributed by atoms with Gasteiger partial charge in [0.1, 0.15) is 12.0 Å². The summed E-state index contributed by atoms with van der Waals surface area (Å²) in [4.78, 5) is 25.2. The number of carbonyl (C=O) groups excluding carboxylic acids is 1. The van der Waals surface area contributed by atoms with E-state index in [0.717, 1.165) is 28.3 Å². The lowest BCUT2D eigenvalue weighted by Gasteiger charge is -2.10. The Kier molecular flexibility index (Phi) is 6.16. The zero-order valence-corrected chi connectivity index (χ0v) is 18.2. The fourth-order valence-electron chi connectivity index (χ4n) is 3.31. The van der Waals surface area contributed by atoms with Gasteiger partial charge in [0.2, 0.25) is 0 Å². The van der Waals surface area contributed by atoms with Gasteiger partial charge in [-0.05, 0) is 49.2 Å². The fraction of sp³-hybridized carbons (Fsp3) is 0.217. The van der Waals surface area contributed by atoms with E-state index in [2.05, 4.69) is 41.8 Å². The summed E-state index contributed by atoms with van der Waals surface area (Å²) >= 11 is 0. The second-order valence-corrected chi connectivity index (χ2v) is 7.49. The molecule has 1 amide bonds. The summed E-state index contributed by atoms with van der Waals surface area (Å²) in [6.45, 7) is 4.83. The van der Waals surface area contributed by atoms with Crippen LogP contribution in [0.2, 0.25) is 0 Å². The van der Waals surface area contributed by atoms with E-state index in [0.29, 0.717) is 30.2 Å². The number of pyridine rings is 1. The van der Waals surface area contributed by atoms with Crippen molar-refractivity contribution in [2.45, 2.75) is 26.9 Å². The molecule has 9 heteroatoms. The summed E-state index contributed by atoms with van der Waals surface area (Å²) in [6.07, 6.45) is 4.96. The van der Waals surface area contributed by atoms with E-state index >= 15 is 0 Å². The van der Waals surface area contributed by atoms with E-state index in [-0.39, 0.29) is 5.91 Å². The van der Waals surface area contributed by atoms with Gasteiger partial charge >= 0.3 is 0 Å². The van der Waals surface area contributed by atoms with E-state index in [1.165, 1.54) is 6.33 Å². The average molecular weight is 429 g/mol. The minimum atomic E-state index is -0.153. The number of aromatic nitrogens is 6. The van der Waals surface area contributed by atoms with Crippen LogP contribution < -0.4 is 10.6 Å². The van der Waals surface area contributed by atoms with E-state index in [1.807, 2.05) is 49.9 Å². The zero-order chi connectivity index (χ0) is 22.5. The SMILES string of the molecule is Cc1cnc(CNC(=O)c2cccc(NCc3nnc(-c4ccncn4)n3C)c2)c(C)c1. The lowest BCUT2D eigenvalue weighted by Crippen LogP contribution is -2.24. The number of hydrogen-bond acceptors (Lipinski definition) is 7. The van der Waals surface area contributed by atoms with E-state index in [4.69, 9.17) is 0 Å². The van der Waals surface area contributed by atoms with Crippen LogP contribution in [-0.2, 0) is 20.1 Å². The Bertz CT molecular complexity index is 1240. The Morgan fingerprint density at radius 1 is 1.06 bits per heavy atom. The van der Waals surface area contributed by atoms with Crippen LogP contribution in [0.4, 0.5) is 5.69 Å². The highest BCUT2D eigenvalue weighted by Gasteiger charge is 2.12. The Labute approximate surface area is 186 Å². The molecule has 32 heavy (non-hydrogen) atoms. The van der Waals surface area contributed by atoms with Crippen LogP contribution in [0.15, 0.2) is 55.1 Å². The number of amides is 1. The first-order valence-electron chi connectivity index (χ1n) is 10.2. The molecule has 0 aliphatic rings. The largest absolute Gasteiger partial charge is 0.378 e. The summed E-state index contributed by atoms with van der Waals surface area (Å²) in [5.41, 5.74) is 5.11. The second-order valence-electron chi connectivity index (χ2n) is 7.49. The predicted molar refractivity (Wildman–Crippen MR) is 121 cm³/mol. The minimum Gasteiger partial charge on any atom is -0.378 e. The summed E-state index contributed by atoms with van der Waals surface area (Å²) in [6, 6.07) is 11.2. The molecule has 0 atom stereocenters. The van der Waals surface area contributed by atoms with Gasteiger partial charge in [0.05, 0.1) is 18.8 Å². The minimum absolute atomic E-state index is 0.153. The van der Waals surface area contributed by atoms with Crippen LogP contribution >= 0.6 is 0 Å². The van der Waals surface area contributed by atoms with Crippen LogP contribution in [0.25, 0.3) is 11.5 Å². The van der Waals surface area contributed by atoms with Crippen LogP contribution in [0.1, 0.15) is 33.0 Å². The maximum absolute atomic E-state index is 12.6. The highest BCUT2D eigenvalue weighted by molar-refractivity contribution is 5.95. The molecule has 4 rings (SSSR count). The summed E-state index contributed by atoms with van der Waals surface area (Å²) in [5.74, 6) is 1.26. The maximum atomic E-state index is 12.6. The molecule has 9 nitrogen and oxygen atoms in total. The van der Waals surface area contributed by atoms with Gasteiger partial charge in [0.15, 0.2) is 11.6 Å². The number of nitrogens with zero attached hydrogens (tertiary/aromatic N) is 6. The molecule has 0 aliphatic heterocycles. The number of hydrogen-bond donors (Lipinski definition) is 2. The third-order valence-corrected chi connectivity index (χ3v) is 5.09. The van der Waals surface area contributed by atoms with Crippen LogP contribution in [0.5, 0.6) is 0 Å². The molecule has 3 aromatic heterocycles. The molecule has 0 saturated heterocycles. The van der Waals surface area contributed by atoms with Gasteiger partial charge in [-0.15, -0.1) is 10.2 Å². The van der Waals surface area contributed by atoms with Gasteiger partial charge in [0, 0.05) is 30.7 Å². The molecule has 4 aromatic rings. The van der Waals surface area contributed by atoms with Gasteiger partial charge in [-0.1, -0.05) is 12.1 Å². The first-order chi connectivity index (χ1) is 15.5. The summed E-state index contributed by atoms with van der Waals surface area (Å²) < 4.78 is 1.88. The van der Waals surface area contributed by atoms with Gasteiger partial charge < -0.3 is 15.2 Å². The molecule has 0 spiro atoms. The quantitative estimate of drug-likeness (QED) is 0.466.